The maximum Gasteiger partial charge on any atom is 0.328 e. The Bertz CT molecular complexity index is 481. The van der Waals surface area contributed by atoms with E-state index in [-0.39, 0.29) is 6.42 Å². The smallest absolute Gasteiger partial charge is 0.328 e. The van der Waals surface area contributed by atoms with Crippen molar-refractivity contribution in [3.63, 3.8) is 0 Å². The predicted octanol–water partition coefficient (Wildman–Crippen LogP) is 1.54. The molecule has 1 aromatic rings. The van der Waals surface area contributed by atoms with Crippen molar-refractivity contribution in [3.8, 4) is 5.75 Å². The molecule has 0 fully saturated rings. The van der Waals surface area contributed by atoms with Crippen LogP contribution in [0.3, 0.4) is 0 Å². The average molecular weight is 334 g/mol. The van der Waals surface area contributed by atoms with Crippen LogP contribution in [0, 0.1) is 0 Å². The molecule has 1 unspecified atom stereocenters. The Hall–Kier alpha value is -1.63. The molecule has 0 spiro atoms. The van der Waals surface area contributed by atoms with Gasteiger partial charge in [0.05, 0.1) is 13.5 Å². The first kappa shape index (κ1) is 15.4. The third-order valence-electron chi connectivity index (χ3n) is 2.38. The number of ether oxygens (including phenoxy) is 1. The van der Waals surface area contributed by atoms with Crippen molar-refractivity contribution < 1.29 is 23.8 Å². The number of carbonyl (C=O) groups is 2. The topological polar surface area (TPSA) is 75.6 Å². The molecule has 1 atom stereocenters. The van der Waals surface area contributed by atoms with Gasteiger partial charge in [0.15, 0.2) is 6.04 Å². The number of carboxylic acids is 1. The molecule has 0 aromatic heterocycles. The number of halogens is 2. The molecule has 104 valence electrons. The van der Waals surface area contributed by atoms with Crippen LogP contribution in [-0.4, -0.2) is 36.8 Å². The lowest BCUT2D eigenvalue weighted by atomic mass is 10.1. The Kier molecular flexibility index (Phi) is 5.75. The third kappa shape index (κ3) is 4.51. The minimum absolute atomic E-state index is 0.0909. The Morgan fingerprint density at radius 2 is 2.21 bits per heavy atom. The van der Waals surface area contributed by atoms with Crippen molar-refractivity contribution in [1.82, 2.24) is 5.32 Å². The molecule has 0 saturated carbocycles. The Balaban J connectivity index is 2.76. The number of nitrogens with one attached hydrogen (secondary N) is 1. The molecule has 5 nitrogen and oxygen atoms in total. The lowest BCUT2D eigenvalue weighted by Crippen LogP contribution is -2.43. The molecule has 0 bridgehead atoms. The minimum Gasteiger partial charge on any atom is -0.496 e. The van der Waals surface area contributed by atoms with Crippen molar-refractivity contribution in [2.75, 3.05) is 13.8 Å². The van der Waals surface area contributed by atoms with E-state index in [1.165, 1.54) is 7.11 Å². The highest BCUT2D eigenvalue weighted by Gasteiger charge is 2.20. The molecule has 0 aliphatic carbocycles. The third-order valence-corrected chi connectivity index (χ3v) is 2.87. The van der Waals surface area contributed by atoms with Crippen LogP contribution < -0.4 is 10.1 Å². The van der Waals surface area contributed by atoms with Crippen LogP contribution >= 0.6 is 15.9 Å². The van der Waals surface area contributed by atoms with E-state index in [9.17, 15) is 14.0 Å². The summed E-state index contributed by atoms with van der Waals surface area (Å²) in [7, 11) is 1.46. The second-order valence-electron chi connectivity index (χ2n) is 3.75. The number of carbonyl (C=O) groups excluding carboxylic acids is 1. The second kappa shape index (κ2) is 7.08. The SMILES string of the molecule is COc1ccc(Br)cc1CC(=O)NC(CF)C(=O)O. The number of hydrogen-bond donors (Lipinski definition) is 2. The molecule has 0 heterocycles. The summed E-state index contributed by atoms with van der Waals surface area (Å²) in [6.07, 6.45) is -0.0909. The molecule has 7 heteroatoms. The standard InChI is InChI=1S/C12H13BrFNO4/c1-19-10-3-2-8(13)4-7(10)5-11(16)15-9(6-14)12(17)18/h2-4,9H,5-6H2,1H3,(H,15,16)(H,17,18). The van der Waals surface area contributed by atoms with Crippen molar-refractivity contribution in [1.29, 1.82) is 0 Å². The van der Waals surface area contributed by atoms with E-state index < -0.39 is 24.6 Å². The summed E-state index contributed by atoms with van der Waals surface area (Å²) in [4.78, 5) is 22.3. The Morgan fingerprint density at radius 1 is 1.53 bits per heavy atom. The van der Waals surface area contributed by atoms with Crippen LogP contribution in [0.25, 0.3) is 0 Å². The van der Waals surface area contributed by atoms with E-state index in [2.05, 4.69) is 21.2 Å². The number of amides is 1. The number of carboxylic acid groups (broad SMARTS) is 1. The number of benzene rings is 1. The fraction of sp³-hybridized carbons (Fsp3) is 0.333. The summed E-state index contributed by atoms with van der Waals surface area (Å²) in [5, 5.41) is 10.7. The molecular formula is C12H13BrFNO4. The summed E-state index contributed by atoms with van der Waals surface area (Å²) >= 11 is 3.26. The zero-order valence-electron chi connectivity index (χ0n) is 10.2. The number of rotatable bonds is 6. The molecule has 19 heavy (non-hydrogen) atoms. The monoisotopic (exact) mass is 333 g/mol. The molecule has 0 aliphatic heterocycles. The van der Waals surface area contributed by atoms with Crippen LogP contribution in [-0.2, 0) is 16.0 Å². The quantitative estimate of drug-likeness (QED) is 0.828. The molecule has 0 radical (unpaired) electrons. The predicted molar refractivity (Wildman–Crippen MR) is 69.9 cm³/mol. The summed E-state index contributed by atoms with van der Waals surface area (Å²) in [6.45, 7) is -1.16. The van der Waals surface area contributed by atoms with E-state index in [0.717, 1.165) is 4.47 Å². The van der Waals surface area contributed by atoms with Crippen LogP contribution in [0.4, 0.5) is 4.39 Å². The van der Waals surface area contributed by atoms with Gasteiger partial charge in [0.25, 0.3) is 0 Å². The van der Waals surface area contributed by atoms with Crippen molar-refractivity contribution in [2.24, 2.45) is 0 Å². The van der Waals surface area contributed by atoms with Crippen molar-refractivity contribution in [3.05, 3.63) is 28.2 Å². The lowest BCUT2D eigenvalue weighted by molar-refractivity contribution is -0.142. The van der Waals surface area contributed by atoms with Crippen molar-refractivity contribution >= 4 is 27.8 Å². The normalized spacial score (nSPS) is 11.7. The van der Waals surface area contributed by atoms with Gasteiger partial charge in [0.2, 0.25) is 5.91 Å². The van der Waals surface area contributed by atoms with Gasteiger partial charge in [-0.05, 0) is 18.2 Å². The maximum atomic E-state index is 12.4. The molecule has 1 rings (SSSR count). The lowest BCUT2D eigenvalue weighted by Gasteiger charge is -2.12. The van der Waals surface area contributed by atoms with Gasteiger partial charge < -0.3 is 15.2 Å². The van der Waals surface area contributed by atoms with E-state index in [1.54, 1.807) is 18.2 Å². The van der Waals surface area contributed by atoms with Gasteiger partial charge in [-0.2, -0.15) is 0 Å². The Morgan fingerprint density at radius 3 is 2.74 bits per heavy atom. The van der Waals surface area contributed by atoms with Gasteiger partial charge >= 0.3 is 5.97 Å². The van der Waals surface area contributed by atoms with Crippen LogP contribution in [0.1, 0.15) is 5.56 Å². The highest BCUT2D eigenvalue weighted by Crippen LogP contribution is 2.23. The number of methoxy groups -OCH3 is 1. The summed E-state index contributed by atoms with van der Waals surface area (Å²) in [5.74, 6) is -1.48. The van der Waals surface area contributed by atoms with Crippen LogP contribution in [0.15, 0.2) is 22.7 Å². The van der Waals surface area contributed by atoms with Gasteiger partial charge in [-0.3, -0.25) is 4.79 Å². The summed E-state index contributed by atoms with van der Waals surface area (Å²) in [5.41, 5.74) is 0.581. The molecule has 1 aromatic carbocycles. The van der Waals surface area contributed by atoms with E-state index in [1.807, 2.05) is 0 Å². The average Bonchev–Trinajstić information content (AvgIpc) is 2.35. The summed E-state index contributed by atoms with van der Waals surface area (Å²) in [6, 6.07) is 3.59. The molecule has 1 amide bonds. The van der Waals surface area contributed by atoms with Gasteiger partial charge in [0.1, 0.15) is 12.4 Å². The zero-order valence-corrected chi connectivity index (χ0v) is 11.7. The van der Waals surface area contributed by atoms with E-state index in [0.29, 0.717) is 11.3 Å². The first-order chi connectivity index (χ1) is 8.97. The maximum absolute atomic E-state index is 12.4. The highest BCUT2D eigenvalue weighted by molar-refractivity contribution is 9.10. The zero-order chi connectivity index (χ0) is 14.4. The van der Waals surface area contributed by atoms with Gasteiger partial charge in [0, 0.05) is 10.0 Å². The molecule has 0 aliphatic rings. The largest absolute Gasteiger partial charge is 0.496 e. The highest BCUT2D eigenvalue weighted by atomic mass is 79.9. The van der Waals surface area contributed by atoms with Crippen LogP contribution in [0.2, 0.25) is 0 Å². The second-order valence-corrected chi connectivity index (χ2v) is 4.66. The van der Waals surface area contributed by atoms with E-state index >= 15 is 0 Å². The van der Waals surface area contributed by atoms with E-state index in [4.69, 9.17) is 9.84 Å². The Labute approximate surface area is 117 Å². The minimum atomic E-state index is -1.52. The van der Waals surface area contributed by atoms with Gasteiger partial charge in [-0.15, -0.1) is 0 Å². The number of hydrogen-bond acceptors (Lipinski definition) is 3. The fourth-order valence-corrected chi connectivity index (χ4v) is 1.88. The van der Waals surface area contributed by atoms with Gasteiger partial charge in [-0.25, -0.2) is 9.18 Å². The molecule has 2 N–H and O–H groups in total. The van der Waals surface area contributed by atoms with Gasteiger partial charge in [-0.1, -0.05) is 15.9 Å². The first-order valence-corrected chi connectivity index (χ1v) is 6.17. The van der Waals surface area contributed by atoms with Crippen LogP contribution in [0.5, 0.6) is 5.75 Å². The number of aliphatic carboxylic acids is 1. The van der Waals surface area contributed by atoms with Crippen molar-refractivity contribution in [2.45, 2.75) is 12.5 Å². The fourth-order valence-electron chi connectivity index (χ4n) is 1.47. The summed E-state index contributed by atoms with van der Waals surface area (Å²) < 4.78 is 18.2. The molecular weight excluding hydrogens is 321 g/mol. The molecule has 0 saturated heterocycles. The number of alkyl halides is 1. The first-order valence-electron chi connectivity index (χ1n) is 5.38.